The van der Waals surface area contributed by atoms with E-state index in [4.69, 9.17) is 0 Å². The number of nitrogens with zero attached hydrogens (tertiary/aromatic N) is 3. The van der Waals surface area contributed by atoms with E-state index in [1.165, 1.54) is 0 Å². The van der Waals surface area contributed by atoms with Gasteiger partial charge in [-0.2, -0.15) is 13.2 Å². The van der Waals surface area contributed by atoms with Gasteiger partial charge in [-0.25, -0.2) is 9.97 Å². The van der Waals surface area contributed by atoms with Crippen LogP contribution in [0.4, 0.5) is 18.9 Å². The molecule has 2 aliphatic rings. The van der Waals surface area contributed by atoms with Crippen LogP contribution in [0.3, 0.4) is 0 Å². The van der Waals surface area contributed by atoms with Crippen molar-refractivity contribution in [3.05, 3.63) is 46.8 Å². The molecule has 0 saturated heterocycles. The molecule has 28 heavy (non-hydrogen) atoms. The smallest absolute Gasteiger partial charge is 0.311 e. The molecule has 4 nitrogen and oxygen atoms in total. The van der Waals surface area contributed by atoms with Gasteiger partial charge in [-0.05, 0) is 50.2 Å². The van der Waals surface area contributed by atoms with Crippen LogP contribution in [0.2, 0.25) is 0 Å². The number of carbonyl (C=O) groups excluding carboxylic acids is 1. The summed E-state index contributed by atoms with van der Waals surface area (Å²) in [7, 11) is 0. The number of amides is 1. The van der Waals surface area contributed by atoms with Crippen molar-refractivity contribution in [2.75, 3.05) is 17.2 Å². The Morgan fingerprint density at radius 3 is 2.68 bits per heavy atom. The number of rotatable bonds is 3. The van der Waals surface area contributed by atoms with Gasteiger partial charge in [0.2, 0.25) is 5.91 Å². The lowest BCUT2D eigenvalue weighted by Crippen LogP contribution is -2.36. The number of para-hydroxylation sites is 1. The first-order valence-corrected chi connectivity index (χ1v) is 10.4. The van der Waals surface area contributed by atoms with Gasteiger partial charge in [-0.1, -0.05) is 30.0 Å². The molecule has 0 fully saturated rings. The van der Waals surface area contributed by atoms with Crippen LogP contribution in [-0.4, -0.2) is 28.2 Å². The normalized spacial score (nSPS) is 16.5. The molecular formula is C20H20F3N3OS. The van der Waals surface area contributed by atoms with E-state index in [0.717, 1.165) is 48.7 Å². The fourth-order valence-corrected chi connectivity index (χ4v) is 4.61. The molecule has 0 saturated carbocycles. The van der Waals surface area contributed by atoms with Crippen LogP contribution >= 0.6 is 11.8 Å². The van der Waals surface area contributed by atoms with Crippen molar-refractivity contribution in [1.29, 1.82) is 0 Å². The van der Waals surface area contributed by atoms with Crippen LogP contribution in [0.5, 0.6) is 0 Å². The zero-order valence-corrected chi connectivity index (χ0v) is 16.1. The van der Waals surface area contributed by atoms with E-state index >= 15 is 0 Å². The number of carbonyl (C=O) groups is 1. The summed E-state index contributed by atoms with van der Waals surface area (Å²) >= 11 is 0.987. The Morgan fingerprint density at radius 1 is 1.07 bits per heavy atom. The molecule has 1 aromatic heterocycles. The maximum atomic E-state index is 13.4. The summed E-state index contributed by atoms with van der Waals surface area (Å²) in [5, 5.41) is 0.0339. The van der Waals surface area contributed by atoms with Gasteiger partial charge in [0.05, 0.1) is 5.75 Å². The zero-order chi connectivity index (χ0) is 19.7. The van der Waals surface area contributed by atoms with Gasteiger partial charge in [-0.3, -0.25) is 4.79 Å². The van der Waals surface area contributed by atoms with Crippen LogP contribution in [0.15, 0.2) is 29.4 Å². The molecule has 8 heteroatoms. The van der Waals surface area contributed by atoms with E-state index in [1.807, 2.05) is 24.3 Å². The second kappa shape index (κ2) is 7.73. The van der Waals surface area contributed by atoms with E-state index in [1.54, 1.807) is 4.90 Å². The third-order valence-electron chi connectivity index (χ3n) is 5.17. The topological polar surface area (TPSA) is 46.1 Å². The minimum Gasteiger partial charge on any atom is -0.311 e. The lowest BCUT2D eigenvalue weighted by atomic mass is 9.94. The first-order chi connectivity index (χ1) is 13.4. The highest BCUT2D eigenvalue weighted by atomic mass is 32.2. The summed E-state index contributed by atoms with van der Waals surface area (Å²) in [6.45, 7) is 0.620. The van der Waals surface area contributed by atoms with Crippen LogP contribution in [-0.2, 0) is 30.2 Å². The molecule has 4 rings (SSSR count). The molecule has 0 atom stereocenters. The number of benzene rings is 1. The number of anilines is 1. The lowest BCUT2D eigenvalue weighted by Gasteiger charge is -2.29. The third kappa shape index (κ3) is 3.87. The summed E-state index contributed by atoms with van der Waals surface area (Å²) in [5.41, 5.74) is 1.87. The highest BCUT2D eigenvalue weighted by Crippen LogP contribution is 2.36. The van der Waals surface area contributed by atoms with Crippen LogP contribution in [0, 0.1) is 0 Å². The largest absolute Gasteiger partial charge is 0.433 e. The van der Waals surface area contributed by atoms with E-state index in [9.17, 15) is 18.0 Å². The van der Waals surface area contributed by atoms with Crippen molar-refractivity contribution in [3.8, 4) is 0 Å². The first-order valence-electron chi connectivity index (χ1n) is 9.41. The fourth-order valence-electron chi connectivity index (χ4n) is 3.87. The molecule has 0 unspecified atom stereocenters. The number of alkyl halides is 3. The molecule has 0 N–H and O–H groups in total. The average molecular weight is 407 g/mol. The lowest BCUT2D eigenvalue weighted by molar-refractivity contribution is -0.142. The number of thioether (sulfide) groups is 1. The van der Waals surface area contributed by atoms with Crippen molar-refractivity contribution in [3.63, 3.8) is 0 Å². The molecule has 1 aromatic carbocycles. The average Bonchev–Trinajstić information content (AvgIpc) is 2.70. The SMILES string of the molecule is O=C(CSc1nc2c(c(C(F)(F)F)n1)CCCC2)N1CCCc2ccccc21. The monoisotopic (exact) mass is 407 g/mol. The van der Waals surface area contributed by atoms with Gasteiger partial charge in [0.15, 0.2) is 10.9 Å². The Morgan fingerprint density at radius 2 is 1.86 bits per heavy atom. The maximum Gasteiger partial charge on any atom is 0.433 e. The Bertz CT molecular complexity index is 901. The molecule has 0 radical (unpaired) electrons. The summed E-state index contributed by atoms with van der Waals surface area (Å²) in [5.74, 6) is -0.114. The van der Waals surface area contributed by atoms with E-state index < -0.39 is 11.9 Å². The summed E-state index contributed by atoms with van der Waals surface area (Å²) < 4.78 is 40.3. The van der Waals surface area contributed by atoms with Gasteiger partial charge in [-0.15, -0.1) is 0 Å². The molecule has 2 aromatic rings. The molecular weight excluding hydrogens is 387 g/mol. The summed E-state index contributed by atoms with van der Waals surface area (Å²) in [6.07, 6.45) is -0.263. The minimum absolute atomic E-state index is 0.0183. The molecule has 2 heterocycles. The van der Waals surface area contributed by atoms with E-state index in [-0.39, 0.29) is 22.4 Å². The minimum atomic E-state index is -4.50. The highest BCUT2D eigenvalue weighted by Gasteiger charge is 2.38. The Labute approximate surface area is 165 Å². The number of aryl methyl sites for hydroxylation is 2. The van der Waals surface area contributed by atoms with Crippen molar-refractivity contribution in [2.45, 2.75) is 49.9 Å². The maximum absolute atomic E-state index is 13.4. The highest BCUT2D eigenvalue weighted by molar-refractivity contribution is 7.99. The molecule has 148 valence electrons. The number of halogens is 3. The Hall–Kier alpha value is -2.09. The van der Waals surface area contributed by atoms with Crippen molar-refractivity contribution in [1.82, 2.24) is 9.97 Å². The zero-order valence-electron chi connectivity index (χ0n) is 15.3. The standard InChI is InChI=1S/C20H20F3N3OS/c21-20(22,23)18-14-8-2-3-9-15(14)24-19(25-18)28-12-17(27)26-11-5-7-13-6-1-4-10-16(13)26/h1,4,6,10H,2-3,5,7-9,11-12H2. The molecule has 0 bridgehead atoms. The Kier molecular flexibility index (Phi) is 5.31. The first kappa shape index (κ1) is 19.2. The number of aromatic nitrogens is 2. The predicted molar refractivity (Wildman–Crippen MR) is 102 cm³/mol. The molecule has 1 aliphatic carbocycles. The van der Waals surface area contributed by atoms with E-state index in [0.29, 0.717) is 25.1 Å². The van der Waals surface area contributed by atoms with Crippen molar-refractivity contribution in [2.24, 2.45) is 0 Å². The molecule has 1 amide bonds. The Balaban J connectivity index is 1.53. The van der Waals surface area contributed by atoms with Crippen LogP contribution < -0.4 is 4.90 Å². The van der Waals surface area contributed by atoms with Gasteiger partial charge >= 0.3 is 6.18 Å². The number of hydrogen-bond donors (Lipinski definition) is 0. The van der Waals surface area contributed by atoms with Gasteiger partial charge < -0.3 is 4.90 Å². The van der Waals surface area contributed by atoms with Gasteiger partial charge in [0, 0.05) is 23.5 Å². The number of fused-ring (bicyclic) bond motifs is 2. The fraction of sp³-hybridized carbons (Fsp3) is 0.450. The summed E-state index contributed by atoms with van der Waals surface area (Å²) in [6, 6.07) is 7.75. The van der Waals surface area contributed by atoms with Gasteiger partial charge in [0.1, 0.15) is 0 Å². The predicted octanol–water partition coefficient (Wildman–Crippen LogP) is 4.45. The second-order valence-electron chi connectivity index (χ2n) is 7.05. The second-order valence-corrected chi connectivity index (χ2v) is 7.99. The summed E-state index contributed by atoms with van der Waals surface area (Å²) in [4.78, 5) is 22.6. The van der Waals surface area contributed by atoms with Crippen LogP contribution in [0.25, 0.3) is 0 Å². The van der Waals surface area contributed by atoms with Crippen molar-refractivity contribution >= 4 is 23.4 Å². The van der Waals surface area contributed by atoms with E-state index in [2.05, 4.69) is 9.97 Å². The third-order valence-corrected chi connectivity index (χ3v) is 6.00. The van der Waals surface area contributed by atoms with Gasteiger partial charge in [0.25, 0.3) is 0 Å². The molecule has 1 aliphatic heterocycles. The quantitative estimate of drug-likeness (QED) is 0.557. The van der Waals surface area contributed by atoms with Crippen molar-refractivity contribution < 1.29 is 18.0 Å². The van der Waals surface area contributed by atoms with Crippen LogP contribution in [0.1, 0.15) is 41.8 Å². The molecule has 0 spiro atoms. The number of hydrogen-bond acceptors (Lipinski definition) is 4.